The summed E-state index contributed by atoms with van der Waals surface area (Å²) in [7, 11) is 1.93. The Labute approximate surface area is 203 Å². The van der Waals surface area contributed by atoms with Crippen LogP contribution in [-0.4, -0.2) is 42.1 Å². The van der Waals surface area contributed by atoms with E-state index < -0.39 is 17.7 Å². The number of anilines is 2. The Kier molecular flexibility index (Phi) is 5.47. The molecule has 0 spiro atoms. The van der Waals surface area contributed by atoms with Gasteiger partial charge in [0.05, 0.1) is 23.8 Å². The summed E-state index contributed by atoms with van der Waals surface area (Å²) < 4.78 is 5.70. The zero-order chi connectivity index (χ0) is 24.9. The summed E-state index contributed by atoms with van der Waals surface area (Å²) in [6.45, 7) is 5.10. The van der Waals surface area contributed by atoms with E-state index in [0.717, 1.165) is 16.8 Å². The van der Waals surface area contributed by atoms with Crippen molar-refractivity contribution in [2.24, 2.45) is 0 Å². The molecule has 35 heavy (non-hydrogen) atoms. The third kappa shape index (κ3) is 3.69. The van der Waals surface area contributed by atoms with Crippen LogP contribution in [0.25, 0.3) is 5.76 Å². The Bertz CT molecular complexity index is 1380. The van der Waals surface area contributed by atoms with E-state index in [2.05, 4.69) is 0 Å². The zero-order valence-electron chi connectivity index (χ0n) is 19.8. The van der Waals surface area contributed by atoms with Gasteiger partial charge in [0.15, 0.2) is 0 Å². The van der Waals surface area contributed by atoms with Crippen LogP contribution >= 0.6 is 0 Å². The average Bonchev–Trinajstić information content (AvgIpc) is 3.11. The predicted molar refractivity (Wildman–Crippen MR) is 134 cm³/mol. The molecule has 1 saturated heterocycles. The van der Waals surface area contributed by atoms with E-state index in [1.165, 1.54) is 17.0 Å². The SMILES string of the molecule is Cc1cccc(N2C(=O)C(=O)/C(=C(\O)c3ccc4c(c3)N(C)CCO4)C2c2ccc(O)cc2)c1C. The monoisotopic (exact) mass is 470 g/mol. The normalized spacial score (nSPS) is 19.0. The maximum absolute atomic E-state index is 13.4. The van der Waals surface area contributed by atoms with Crippen LogP contribution in [-0.2, 0) is 9.59 Å². The molecule has 5 rings (SSSR count). The summed E-state index contributed by atoms with van der Waals surface area (Å²) in [6, 6.07) is 16.3. The fourth-order valence-corrected chi connectivity index (χ4v) is 4.70. The first-order chi connectivity index (χ1) is 16.8. The Morgan fingerprint density at radius 3 is 2.49 bits per heavy atom. The van der Waals surface area contributed by atoms with Crippen LogP contribution in [0.1, 0.15) is 28.3 Å². The van der Waals surface area contributed by atoms with Crippen molar-refractivity contribution in [2.75, 3.05) is 30.0 Å². The molecule has 0 aliphatic carbocycles. The highest BCUT2D eigenvalue weighted by Crippen LogP contribution is 2.44. The van der Waals surface area contributed by atoms with E-state index in [9.17, 15) is 19.8 Å². The lowest BCUT2D eigenvalue weighted by molar-refractivity contribution is -0.132. The molecular weight excluding hydrogens is 444 g/mol. The van der Waals surface area contributed by atoms with Crippen LogP contribution < -0.4 is 14.5 Å². The number of hydrogen-bond donors (Lipinski definition) is 2. The maximum atomic E-state index is 13.4. The van der Waals surface area contributed by atoms with Gasteiger partial charge in [0, 0.05) is 18.3 Å². The molecular formula is C28H26N2O5. The van der Waals surface area contributed by atoms with Gasteiger partial charge >= 0.3 is 0 Å². The van der Waals surface area contributed by atoms with Crippen molar-refractivity contribution < 1.29 is 24.5 Å². The van der Waals surface area contributed by atoms with Crippen LogP contribution in [0, 0.1) is 13.8 Å². The molecule has 2 aliphatic heterocycles. The van der Waals surface area contributed by atoms with E-state index in [0.29, 0.717) is 35.7 Å². The summed E-state index contributed by atoms with van der Waals surface area (Å²) in [5.74, 6) is -0.965. The standard InChI is InChI=1S/C28H26N2O5/c1-16-5-4-6-21(17(16)2)30-25(18-7-10-20(31)11-8-18)24(27(33)28(30)34)26(32)19-9-12-23-22(15-19)29(3)13-14-35-23/h4-12,15,25,31-32H,13-14H2,1-3H3/b26-24-. The molecule has 2 aliphatic rings. The van der Waals surface area contributed by atoms with Gasteiger partial charge in [0.1, 0.15) is 23.9 Å². The van der Waals surface area contributed by atoms with Gasteiger partial charge in [-0.05, 0) is 66.9 Å². The number of aromatic hydroxyl groups is 1. The van der Waals surface area contributed by atoms with Gasteiger partial charge in [-0.2, -0.15) is 0 Å². The van der Waals surface area contributed by atoms with Gasteiger partial charge in [-0.15, -0.1) is 0 Å². The maximum Gasteiger partial charge on any atom is 0.300 e. The number of phenolic OH excluding ortho intramolecular Hbond substituents is 1. The number of ether oxygens (including phenoxy) is 1. The molecule has 0 saturated carbocycles. The fraction of sp³-hybridized carbons (Fsp3) is 0.214. The van der Waals surface area contributed by atoms with Crippen LogP contribution in [0.5, 0.6) is 11.5 Å². The Balaban J connectivity index is 1.72. The molecule has 1 atom stereocenters. The van der Waals surface area contributed by atoms with Crippen molar-refractivity contribution in [3.8, 4) is 11.5 Å². The van der Waals surface area contributed by atoms with Crippen molar-refractivity contribution in [1.82, 2.24) is 0 Å². The number of amides is 1. The summed E-state index contributed by atoms with van der Waals surface area (Å²) >= 11 is 0. The number of rotatable bonds is 3. The van der Waals surface area contributed by atoms with E-state index in [4.69, 9.17) is 4.74 Å². The number of phenols is 1. The zero-order valence-corrected chi connectivity index (χ0v) is 19.8. The molecule has 2 N–H and O–H groups in total. The van der Waals surface area contributed by atoms with Crippen LogP contribution in [0.2, 0.25) is 0 Å². The Hall–Kier alpha value is -4.26. The summed E-state index contributed by atoms with van der Waals surface area (Å²) in [5.41, 5.74) is 4.26. The van der Waals surface area contributed by atoms with Crippen molar-refractivity contribution in [3.63, 3.8) is 0 Å². The number of ketones is 1. The number of aliphatic hydroxyl groups is 1. The first-order valence-electron chi connectivity index (χ1n) is 11.4. The lowest BCUT2D eigenvalue weighted by atomic mass is 9.94. The number of nitrogens with zero attached hydrogens (tertiary/aromatic N) is 2. The minimum atomic E-state index is -0.860. The minimum absolute atomic E-state index is 0.000858. The number of Topliss-reactive ketones (excluding diaryl/α,β-unsaturated/α-hetero) is 1. The van der Waals surface area contributed by atoms with Crippen molar-refractivity contribution in [2.45, 2.75) is 19.9 Å². The highest BCUT2D eigenvalue weighted by molar-refractivity contribution is 6.51. The topological polar surface area (TPSA) is 90.3 Å². The first-order valence-corrected chi connectivity index (χ1v) is 11.4. The number of carbonyl (C=O) groups excluding carboxylic acids is 2. The number of carbonyl (C=O) groups is 2. The number of hydrogen-bond acceptors (Lipinski definition) is 6. The second-order valence-electron chi connectivity index (χ2n) is 8.93. The lowest BCUT2D eigenvalue weighted by Crippen LogP contribution is -2.30. The quantitative estimate of drug-likeness (QED) is 0.334. The molecule has 1 amide bonds. The Morgan fingerprint density at radius 1 is 1.00 bits per heavy atom. The number of benzene rings is 3. The molecule has 0 bridgehead atoms. The summed E-state index contributed by atoms with van der Waals surface area (Å²) in [6.07, 6.45) is 0. The number of aryl methyl sites for hydroxylation is 1. The smallest absolute Gasteiger partial charge is 0.300 e. The molecule has 178 valence electrons. The number of fused-ring (bicyclic) bond motifs is 1. The molecule has 3 aromatic carbocycles. The highest BCUT2D eigenvalue weighted by atomic mass is 16.5. The van der Waals surface area contributed by atoms with Gasteiger partial charge in [-0.1, -0.05) is 24.3 Å². The minimum Gasteiger partial charge on any atom is -0.508 e. The van der Waals surface area contributed by atoms with E-state index in [1.807, 2.05) is 37.9 Å². The molecule has 3 aromatic rings. The van der Waals surface area contributed by atoms with Crippen LogP contribution in [0.4, 0.5) is 11.4 Å². The van der Waals surface area contributed by atoms with Gasteiger partial charge in [-0.3, -0.25) is 14.5 Å². The molecule has 0 aromatic heterocycles. The summed E-state index contributed by atoms with van der Waals surface area (Å²) in [4.78, 5) is 30.3. The highest BCUT2D eigenvalue weighted by Gasteiger charge is 2.47. The van der Waals surface area contributed by atoms with Crippen molar-refractivity contribution >= 4 is 28.8 Å². The van der Waals surface area contributed by atoms with Crippen molar-refractivity contribution in [1.29, 1.82) is 0 Å². The van der Waals surface area contributed by atoms with E-state index in [1.54, 1.807) is 36.4 Å². The van der Waals surface area contributed by atoms with E-state index in [-0.39, 0.29) is 17.1 Å². The third-order valence-electron chi connectivity index (χ3n) is 6.82. The molecule has 1 unspecified atom stereocenters. The van der Waals surface area contributed by atoms with E-state index >= 15 is 0 Å². The summed E-state index contributed by atoms with van der Waals surface area (Å²) in [5, 5.41) is 21.3. The second-order valence-corrected chi connectivity index (χ2v) is 8.93. The number of aliphatic hydroxyl groups excluding tert-OH is 1. The molecule has 7 nitrogen and oxygen atoms in total. The predicted octanol–water partition coefficient (Wildman–Crippen LogP) is 4.46. The van der Waals surface area contributed by atoms with Crippen molar-refractivity contribution in [3.05, 3.63) is 88.5 Å². The number of likely N-dealkylation sites (N-methyl/N-ethyl adjacent to an activating group) is 1. The first kappa shape index (κ1) is 22.5. The van der Waals surface area contributed by atoms with Gasteiger partial charge in [-0.25, -0.2) is 0 Å². The molecule has 0 radical (unpaired) electrons. The van der Waals surface area contributed by atoms with Crippen LogP contribution in [0.3, 0.4) is 0 Å². The lowest BCUT2D eigenvalue weighted by Gasteiger charge is -2.29. The fourth-order valence-electron chi connectivity index (χ4n) is 4.70. The molecule has 2 heterocycles. The second kappa shape index (κ2) is 8.51. The largest absolute Gasteiger partial charge is 0.508 e. The van der Waals surface area contributed by atoms with Crippen LogP contribution in [0.15, 0.2) is 66.2 Å². The van der Waals surface area contributed by atoms with Gasteiger partial charge < -0.3 is 19.8 Å². The molecule has 7 heteroatoms. The van der Waals surface area contributed by atoms with Gasteiger partial charge in [0.25, 0.3) is 11.7 Å². The van der Waals surface area contributed by atoms with Gasteiger partial charge in [0.2, 0.25) is 0 Å². The average molecular weight is 471 g/mol. The molecule has 1 fully saturated rings. The third-order valence-corrected chi connectivity index (χ3v) is 6.82. The Morgan fingerprint density at radius 2 is 1.74 bits per heavy atom.